The van der Waals surface area contributed by atoms with Gasteiger partial charge < -0.3 is 5.32 Å². The fourth-order valence-electron chi connectivity index (χ4n) is 4.19. The highest BCUT2D eigenvalue weighted by Crippen LogP contribution is 2.53. The molecule has 0 spiro atoms. The lowest BCUT2D eigenvalue weighted by atomic mass is 9.70. The van der Waals surface area contributed by atoms with Gasteiger partial charge in [-0.25, -0.2) is 4.98 Å². The van der Waals surface area contributed by atoms with E-state index < -0.39 is 5.41 Å². The summed E-state index contributed by atoms with van der Waals surface area (Å²) in [7, 11) is 0. The number of rotatable bonds is 4. The number of hydrogen-bond donors (Lipinski definition) is 1. The number of carbonyl (C=O) groups excluding carboxylic acids is 1. The van der Waals surface area contributed by atoms with Crippen molar-refractivity contribution in [2.45, 2.75) is 25.7 Å². The Morgan fingerprint density at radius 1 is 1.33 bits per heavy atom. The van der Waals surface area contributed by atoms with Gasteiger partial charge in [-0.15, -0.1) is 11.3 Å². The molecule has 27 heavy (non-hydrogen) atoms. The summed E-state index contributed by atoms with van der Waals surface area (Å²) in [5.41, 5.74) is 3.34. The van der Waals surface area contributed by atoms with E-state index in [2.05, 4.69) is 35.4 Å². The van der Waals surface area contributed by atoms with Gasteiger partial charge in [0.05, 0.1) is 17.0 Å². The number of thiazole rings is 1. The zero-order valence-electron chi connectivity index (χ0n) is 15.0. The van der Waals surface area contributed by atoms with E-state index in [1.165, 1.54) is 11.3 Å². The van der Waals surface area contributed by atoms with Crippen LogP contribution in [0.2, 0.25) is 0 Å². The van der Waals surface area contributed by atoms with Crippen LogP contribution in [-0.2, 0) is 11.2 Å². The van der Waals surface area contributed by atoms with Crippen molar-refractivity contribution in [3.63, 3.8) is 0 Å². The molecule has 0 saturated heterocycles. The molecule has 1 amide bonds. The number of amides is 1. The number of nitrogens with one attached hydrogen (secondary N) is 1. The Balaban J connectivity index is 1.84. The summed E-state index contributed by atoms with van der Waals surface area (Å²) in [5.74, 6) is -0.101. The monoisotopic (exact) mass is 373 g/mol. The molecule has 1 aliphatic carbocycles. The quantitative estimate of drug-likeness (QED) is 0.718. The molecule has 1 heterocycles. The van der Waals surface area contributed by atoms with Crippen LogP contribution in [-0.4, -0.2) is 10.9 Å². The molecule has 3 aromatic rings. The third-order valence-electron chi connectivity index (χ3n) is 5.51. The molecule has 2 unspecified atom stereocenters. The van der Waals surface area contributed by atoms with E-state index in [9.17, 15) is 10.1 Å². The number of benzene rings is 2. The van der Waals surface area contributed by atoms with Gasteiger partial charge in [-0.2, -0.15) is 5.26 Å². The smallest absolute Gasteiger partial charge is 0.233 e. The maximum absolute atomic E-state index is 13.5. The number of nitriles is 1. The standard InChI is InChI=1S/C22H19N3OS/c1-2-22(20(26)25-21-24-10-11-27-21)13-17-9-8-15(14-23)12-18(17)19(22)16-6-4-3-5-7-16/h3-12,19H,2,13H2,1H3,(H,24,25,26). The summed E-state index contributed by atoms with van der Waals surface area (Å²) in [4.78, 5) is 17.7. The zero-order chi connectivity index (χ0) is 18.9. The first-order valence-corrected chi connectivity index (χ1v) is 9.84. The van der Waals surface area contributed by atoms with Gasteiger partial charge in [0.1, 0.15) is 0 Å². The largest absolute Gasteiger partial charge is 0.301 e. The average Bonchev–Trinajstić information content (AvgIpc) is 3.33. The van der Waals surface area contributed by atoms with Crippen LogP contribution < -0.4 is 5.32 Å². The van der Waals surface area contributed by atoms with Crippen LogP contribution in [0.3, 0.4) is 0 Å². The van der Waals surface area contributed by atoms with Crippen LogP contribution in [0.1, 0.15) is 41.5 Å². The fourth-order valence-corrected chi connectivity index (χ4v) is 4.71. The highest BCUT2D eigenvalue weighted by Gasteiger charge is 2.51. The lowest BCUT2D eigenvalue weighted by Gasteiger charge is -2.33. The van der Waals surface area contributed by atoms with Gasteiger partial charge in [0.2, 0.25) is 5.91 Å². The molecule has 2 aromatic carbocycles. The van der Waals surface area contributed by atoms with Crippen molar-refractivity contribution in [3.8, 4) is 6.07 Å². The second kappa shape index (κ2) is 6.98. The molecule has 0 bridgehead atoms. The van der Waals surface area contributed by atoms with E-state index in [0.29, 0.717) is 23.5 Å². The minimum Gasteiger partial charge on any atom is -0.301 e. The van der Waals surface area contributed by atoms with E-state index in [-0.39, 0.29) is 11.8 Å². The van der Waals surface area contributed by atoms with Crippen LogP contribution in [0.15, 0.2) is 60.1 Å². The van der Waals surface area contributed by atoms with E-state index in [4.69, 9.17) is 0 Å². The summed E-state index contributed by atoms with van der Waals surface area (Å²) >= 11 is 1.42. The van der Waals surface area contributed by atoms with Gasteiger partial charge in [0.25, 0.3) is 0 Å². The van der Waals surface area contributed by atoms with Crippen molar-refractivity contribution < 1.29 is 4.79 Å². The summed E-state index contributed by atoms with van der Waals surface area (Å²) in [5, 5.41) is 14.9. The van der Waals surface area contributed by atoms with Crippen LogP contribution >= 0.6 is 11.3 Å². The summed E-state index contributed by atoms with van der Waals surface area (Å²) < 4.78 is 0. The highest BCUT2D eigenvalue weighted by atomic mass is 32.1. The Hall–Kier alpha value is -2.97. The molecule has 1 N–H and O–H groups in total. The predicted molar refractivity (Wildman–Crippen MR) is 107 cm³/mol. The van der Waals surface area contributed by atoms with Crippen molar-refractivity contribution in [1.82, 2.24) is 4.98 Å². The number of aromatic nitrogens is 1. The van der Waals surface area contributed by atoms with Gasteiger partial charge in [0.15, 0.2) is 5.13 Å². The Kier molecular flexibility index (Phi) is 4.51. The van der Waals surface area contributed by atoms with Gasteiger partial charge in [0, 0.05) is 17.5 Å². The Morgan fingerprint density at radius 3 is 2.81 bits per heavy atom. The van der Waals surface area contributed by atoms with Gasteiger partial charge >= 0.3 is 0 Å². The third-order valence-corrected chi connectivity index (χ3v) is 6.20. The van der Waals surface area contributed by atoms with Crippen molar-refractivity contribution in [1.29, 1.82) is 5.26 Å². The molecule has 0 aliphatic heterocycles. The molecular formula is C22H19N3OS. The van der Waals surface area contributed by atoms with Crippen molar-refractivity contribution >= 4 is 22.4 Å². The molecule has 1 aliphatic rings. The topological polar surface area (TPSA) is 65.8 Å². The molecule has 1 aromatic heterocycles. The molecule has 4 nitrogen and oxygen atoms in total. The van der Waals surface area contributed by atoms with Gasteiger partial charge in [-0.05, 0) is 41.7 Å². The minimum atomic E-state index is -0.608. The lowest BCUT2D eigenvalue weighted by molar-refractivity contribution is -0.126. The van der Waals surface area contributed by atoms with Crippen molar-refractivity contribution in [2.24, 2.45) is 5.41 Å². The molecular weight excluding hydrogens is 354 g/mol. The molecule has 0 radical (unpaired) electrons. The van der Waals surface area contributed by atoms with E-state index >= 15 is 0 Å². The summed E-state index contributed by atoms with van der Waals surface area (Å²) in [6, 6.07) is 18.1. The van der Waals surface area contributed by atoms with E-state index in [1.54, 1.807) is 6.20 Å². The van der Waals surface area contributed by atoms with Gasteiger partial charge in [-0.3, -0.25) is 4.79 Å². The van der Waals surface area contributed by atoms with Crippen LogP contribution in [0, 0.1) is 16.7 Å². The molecule has 2 atom stereocenters. The van der Waals surface area contributed by atoms with Crippen LogP contribution in [0.5, 0.6) is 0 Å². The number of fused-ring (bicyclic) bond motifs is 1. The third kappa shape index (κ3) is 2.92. The van der Waals surface area contributed by atoms with E-state index in [0.717, 1.165) is 16.7 Å². The normalized spacial score (nSPS) is 20.7. The van der Waals surface area contributed by atoms with E-state index in [1.807, 2.05) is 41.8 Å². The Labute approximate surface area is 162 Å². The first-order valence-electron chi connectivity index (χ1n) is 8.97. The lowest BCUT2D eigenvalue weighted by Crippen LogP contribution is -2.39. The second-order valence-corrected chi connectivity index (χ2v) is 7.74. The number of carbonyl (C=O) groups is 1. The fraction of sp³-hybridized carbons (Fsp3) is 0.227. The average molecular weight is 373 g/mol. The number of anilines is 1. The SMILES string of the molecule is CCC1(C(=O)Nc2nccs2)Cc2ccc(C#N)cc2C1c1ccccc1. The second-order valence-electron chi connectivity index (χ2n) is 6.85. The molecule has 0 fully saturated rings. The summed E-state index contributed by atoms with van der Waals surface area (Å²) in [6.45, 7) is 2.06. The number of hydrogen-bond acceptors (Lipinski definition) is 4. The van der Waals surface area contributed by atoms with Crippen molar-refractivity contribution in [3.05, 3.63) is 82.4 Å². The predicted octanol–water partition coefficient (Wildman–Crippen LogP) is 4.74. The molecule has 5 heteroatoms. The zero-order valence-corrected chi connectivity index (χ0v) is 15.8. The minimum absolute atomic E-state index is 0.0106. The van der Waals surface area contributed by atoms with Crippen molar-refractivity contribution in [2.75, 3.05) is 5.32 Å². The molecule has 134 valence electrons. The first-order chi connectivity index (χ1) is 13.2. The van der Waals surface area contributed by atoms with Crippen LogP contribution in [0.25, 0.3) is 0 Å². The number of nitrogens with zero attached hydrogens (tertiary/aromatic N) is 2. The summed E-state index contributed by atoms with van der Waals surface area (Å²) in [6.07, 6.45) is 3.04. The van der Waals surface area contributed by atoms with Gasteiger partial charge in [-0.1, -0.05) is 43.3 Å². The molecule has 0 saturated carbocycles. The first kappa shape index (κ1) is 17.4. The maximum Gasteiger partial charge on any atom is 0.233 e. The maximum atomic E-state index is 13.5. The molecule has 4 rings (SSSR count). The highest BCUT2D eigenvalue weighted by molar-refractivity contribution is 7.13. The van der Waals surface area contributed by atoms with Crippen LogP contribution in [0.4, 0.5) is 5.13 Å². The Morgan fingerprint density at radius 2 is 2.15 bits per heavy atom. The Bertz CT molecular complexity index is 1010.